The van der Waals surface area contributed by atoms with Crippen molar-refractivity contribution in [2.45, 2.75) is 44.7 Å². The van der Waals surface area contributed by atoms with Gasteiger partial charge in [-0.3, -0.25) is 20.3 Å². The number of nitrogens with one attached hydrogen (secondary N) is 3. The first-order valence-electron chi connectivity index (χ1n) is 10.8. The molecule has 1 atom stereocenters. The molecule has 33 heavy (non-hydrogen) atoms. The number of aryl methyl sites for hydroxylation is 1. The van der Waals surface area contributed by atoms with Crippen molar-refractivity contribution in [3.05, 3.63) is 59.7 Å². The lowest BCUT2D eigenvalue weighted by atomic mass is 9.93. The van der Waals surface area contributed by atoms with Gasteiger partial charge in [0.15, 0.2) is 11.5 Å². The molecule has 4 rings (SSSR count). The Morgan fingerprint density at radius 3 is 2.61 bits per heavy atom. The minimum atomic E-state index is -1.08. The molecule has 2 aromatic carbocycles. The van der Waals surface area contributed by atoms with Crippen LogP contribution in [0.25, 0.3) is 0 Å². The van der Waals surface area contributed by atoms with E-state index in [0.29, 0.717) is 24.3 Å². The van der Waals surface area contributed by atoms with Gasteiger partial charge in [-0.05, 0) is 56.9 Å². The van der Waals surface area contributed by atoms with Gasteiger partial charge in [0.25, 0.3) is 11.8 Å². The fourth-order valence-corrected chi connectivity index (χ4v) is 3.85. The molecular formula is C24H28N4O5. The summed E-state index contributed by atoms with van der Waals surface area (Å²) in [6.07, 6.45) is 1.04. The summed E-state index contributed by atoms with van der Waals surface area (Å²) >= 11 is 0. The molecule has 0 aromatic heterocycles. The summed E-state index contributed by atoms with van der Waals surface area (Å²) in [5, 5.41) is 6.63. The van der Waals surface area contributed by atoms with Crippen molar-refractivity contribution in [1.29, 1.82) is 0 Å². The molecule has 0 saturated carbocycles. The van der Waals surface area contributed by atoms with E-state index >= 15 is 0 Å². The number of carbonyl (C=O) groups is 3. The van der Waals surface area contributed by atoms with E-state index in [2.05, 4.69) is 16.1 Å². The Kier molecular flexibility index (Phi) is 5.99. The number of imide groups is 1. The average Bonchev–Trinajstić information content (AvgIpc) is 3.35. The maximum absolute atomic E-state index is 12.9. The lowest BCUT2D eigenvalue weighted by molar-refractivity contribution is -0.138. The highest BCUT2D eigenvalue weighted by molar-refractivity contribution is 6.07. The topological polar surface area (TPSA) is 109 Å². The van der Waals surface area contributed by atoms with E-state index in [4.69, 9.17) is 9.47 Å². The minimum absolute atomic E-state index is 0.0980. The molecule has 2 aliphatic heterocycles. The molecule has 4 amide bonds. The van der Waals surface area contributed by atoms with Crippen molar-refractivity contribution < 1.29 is 23.9 Å². The SMILES string of the molecule is CC1(CCc2ccccc2)NC(=O)N(NC(=O)CNC(C)(C)c2ccc3c(c2)OCO3)C1=O. The average molecular weight is 453 g/mol. The molecule has 0 aliphatic carbocycles. The molecule has 9 heteroatoms. The first-order chi connectivity index (χ1) is 15.7. The van der Waals surface area contributed by atoms with Gasteiger partial charge >= 0.3 is 6.03 Å². The van der Waals surface area contributed by atoms with Gasteiger partial charge in [0.2, 0.25) is 6.79 Å². The van der Waals surface area contributed by atoms with Crippen LogP contribution in [0.1, 0.15) is 38.3 Å². The van der Waals surface area contributed by atoms with Crippen LogP contribution in [0.2, 0.25) is 0 Å². The second kappa shape index (κ2) is 8.74. The Hall–Kier alpha value is -3.59. The van der Waals surface area contributed by atoms with Crippen molar-refractivity contribution in [3.8, 4) is 11.5 Å². The molecule has 2 heterocycles. The normalized spacial score (nSPS) is 19.5. The van der Waals surface area contributed by atoms with Gasteiger partial charge in [-0.2, -0.15) is 5.01 Å². The summed E-state index contributed by atoms with van der Waals surface area (Å²) in [7, 11) is 0. The van der Waals surface area contributed by atoms with Crippen LogP contribution in [0.15, 0.2) is 48.5 Å². The van der Waals surface area contributed by atoms with Gasteiger partial charge in [-0.25, -0.2) is 4.79 Å². The van der Waals surface area contributed by atoms with E-state index in [9.17, 15) is 14.4 Å². The summed E-state index contributed by atoms with van der Waals surface area (Å²) < 4.78 is 10.8. The van der Waals surface area contributed by atoms with E-state index in [-0.39, 0.29) is 13.3 Å². The summed E-state index contributed by atoms with van der Waals surface area (Å²) in [5.41, 5.74) is 2.74. The number of fused-ring (bicyclic) bond motifs is 1. The zero-order chi connectivity index (χ0) is 23.6. The van der Waals surface area contributed by atoms with Gasteiger partial charge < -0.3 is 14.8 Å². The van der Waals surface area contributed by atoms with Gasteiger partial charge in [0.1, 0.15) is 5.54 Å². The lowest BCUT2D eigenvalue weighted by Crippen LogP contribution is -2.52. The van der Waals surface area contributed by atoms with E-state index in [1.807, 2.05) is 62.4 Å². The van der Waals surface area contributed by atoms with Crippen LogP contribution in [-0.2, 0) is 21.5 Å². The fraction of sp³-hybridized carbons (Fsp3) is 0.375. The monoisotopic (exact) mass is 452 g/mol. The van der Waals surface area contributed by atoms with Crippen molar-refractivity contribution in [2.24, 2.45) is 0 Å². The van der Waals surface area contributed by atoms with Crippen LogP contribution in [0.5, 0.6) is 11.5 Å². The molecule has 9 nitrogen and oxygen atoms in total. The molecule has 1 unspecified atom stereocenters. The molecular weight excluding hydrogens is 424 g/mol. The predicted molar refractivity (Wildman–Crippen MR) is 120 cm³/mol. The number of amides is 4. The Balaban J connectivity index is 1.33. The number of rotatable bonds is 8. The van der Waals surface area contributed by atoms with Gasteiger partial charge in [0.05, 0.1) is 6.54 Å². The lowest BCUT2D eigenvalue weighted by Gasteiger charge is -2.27. The number of hydrogen-bond donors (Lipinski definition) is 3. The quantitative estimate of drug-likeness (QED) is 0.530. The predicted octanol–water partition coefficient (Wildman–Crippen LogP) is 2.21. The Bertz CT molecular complexity index is 1070. The van der Waals surface area contributed by atoms with Gasteiger partial charge in [-0.15, -0.1) is 0 Å². The smallest absolute Gasteiger partial charge is 0.344 e. The maximum atomic E-state index is 12.9. The van der Waals surface area contributed by atoms with Crippen LogP contribution in [0.3, 0.4) is 0 Å². The second-order valence-electron chi connectivity index (χ2n) is 8.97. The summed E-state index contributed by atoms with van der Waals surface area (Å²) in [6.45, 7) is 5.60. The molecule has 0 bridgehead atoms. The van der Waals surface area contributed by atoms with Crippen molar-refractivity contribution in [1.82, 2.24) is 21.1 Å². The zero-order valence-corrected chi connectivity index (χ0v) is 18.9. The number of nitrogens with zero attached hydrogens (tertiary/aromatic N) is 1. The zero-order valence-electron chi connectivity index (χ0n) is 18.9. The fourth-order valence-electron chi connectivity index (χ4n) is 3.85. The Morgan fingerprint density at radius 2 is 1.85 bits per heavy atom. The highest BCUT2D eigenvalue weighted by Gasteiger charge is 2.48. The molecule has 1 fully saturated rings. The van der Waals surface area contributed by atoms with E-state index in [1.54, 1.807) is 6.92 Å². The number of hydrazine groups is 1. The third kappa shape index (κ3) is 4.78. The van der Waals surface area contributed by atoms with Crippen molar-refractivity contribution >= 4 is 17.8 Å². The van der Waals surface area contributed by atoms with Crippen LogP contribution in [0.4, 0.5) is 4.79 Å². The van der Waals surface area contributed by atoms with E-state index in [0.717, 1.165) is 16.1 Å². The summed E-state index contributed by atoms with van der Waals surface area (Å²) in [6, 6.07) is 14.7. The summed E-state index contributed by atoms with van der Waals surface area (Å²) in [4.78, 5) is 37.9. The number of carbonyl (C=O) groups excluding carboxylic acids is 3. The number of benzene rings is 2. The van der Waals surface area contributed by atoms with Crippen LogP contribution < -0.4 is 25.5 Å². The minimum Gasteiger partial charge on any atom is -0.454 e. The van der Waals surface area contributed by atoms with E-state index < -0.39 is 28.9 Å². The molecule has 0 radical (unpaired) electrons. The van der Waals surface area contributed by atoms with Crippen LogP contribution in [-0.4, -0.2) is 41.7 Å². The first kappa shape index (κ1) is 22.6. The highest BCUT2D eigenvalue weighted by Crippen LogP contribution is 2.35. The third-order valence-corrected chi connectivity index (χ3v) is 6.04. The van der Waals surface area contributed by atoms with Crippen molar-refractivity contribution in [3.63, 3.8) is 0 Å². The van der Waals surface area contributed by atoms with Crippen LogP contribution >= 0.6 is 0 Å². The second-order valence-corrected chi connectivity index (χ2v) is 8.97. The van der Waals surface area contributed by atoms with Gasteiger partial charge in [0, 0.05) is 5.54 Å². The number of ether oxygens (including phenoxy) is 2. The molecule has 2 aliphatic rings. The molecule has 0 spiro atoms. The number of hydrogen-bond acceptors (Lipinski definition) is 6. The van der Waals surface area contributed by atoms with E-state index in [1.165, 1.54) is 0 Å². The first-order valence-corrected chi connectivity index (χ1v) is 10.8. The molecule has 1 saturated heterocycles. The highest BCUT2D eigenvalue weighted by atomic mass is 16.7. The standard InChI is InChI=1S/C24H28N4O5/c1-23(2,17-9-10-18-19(13-17)33-15-32-18)25-14-20(29)27-28-21(30)24(3,26-22(28)31)12-11-16-7-5-4-6-8-16/h4-10,13,25H,11-12,14-15H2,1-3H3,(H,26,31)(H,27,29). The Labute approximate surface area is 192 Å². The molecule has 3 N–H and O–H groups in total. The largest absolute Gasteiger partial charge is 0.454 e. The molecule has 174 valence electrons. The molecule has 2 aromatic rings. The third-order valence-electron chi connectivity index (χ3n) is 6.04. The summed E-state index contributed by atoms with van der Waals surface area (Å²) in [5.74, 6) is 0.355. The Morgan fingerprint density at radius 1 is 1.12 bits per heavy atom. The van der Waals surface area contributed by atoms with Crippen LogP contribution in [0, 0.1) is 0 Å². The number of urea groups is 1. The van der Waals surface area contributed by atoms with Gasteiger partial charge in [-0.1, -0.05) is 36.4 Å². The van der Waals surface area contributed by atoms with Crippen molar-refractivity contribution in [2.75, 3.05) is 13.3 Å². The maximum Gasteiger partial charge on any atom is 0.344 e.